The standard InChI is InChI=1S/C12H17N3O2/c1-3-4-9-15(2)14-13-11-8-6-5-7-10(11)12(16)17/h5-8H,3-4,9H2,1-2H3,(H,16,17). The highest BCUT2D eigenvalue weighted by Gasteiger charge is 2.07. The van der Waals surface area contributed by atoms with Gasteiger partial charge in [0.05, 0.1) is 5.56 Å². The third-order valence-electron chi connectivity index (χ3n) is 2.27. The van der Waals surface area contributed by atoms with Crippen LogP contribution in [0.1, 0.15) is 30.1 Å². The second-order valence-corrected chi connectivity index (χ2v) is 3.75. The molecule has 5 nitrogen and oxygen atoms in total. The molecule has 92 valence electrons. The summed E-state index contributed by atoms with van der Waals surface area (Å²) in [6.07, 6.45) is 2.13. The van der Waals surface area contributed by atoms with Gasteiger partial charge in [0.25, 0.3) is 0 Å². The van der Waals surface area contributed by atoms with Gasteiger partial charge < -0.3 is 5.11 Å². The lowest BCUT2D eigenvalue weighted by Crippen LogP contribution is -2.11. The number of hydrogen-bond donors (Lipinski definition) is 1. The Morgan fingerprint density at radius 1 is 1.41 bits per heavy atom. The third kappa shape index (κ3) is 4.22. The number of carboxylic acid groups (broad SMARTS) is 1. The van der Waals surface area contributed by atoms with Crippen LogP contribution in [0.5, 0.6) is 0 Å². The molecule has 17 heavy (non-hydrogen) atoms. The molecule has 1 aromatic rings. The molecule has 1 aromatic carbocycles. The molecule has 0 heterocycles. The predicted octanol–water partition coefficient (Wildman–Crippen LogP) is 3.12. The van der Waals surface area contributed by atoms with Crippen molar-refractivity contribution in [2.45, 2.75) is 19.8 Å². The summed E-state index contributed by atoms with van der Waals surface area (Å²) in [5, 5.41) is 18.6. The van der Waals surface area contributed by atoms with Crippen molar-refractivity contribution in [2.75, 3.05) is 13.6 Å². The molecule has 0 aliphatic carbocycles. The van der Waals surface area contributed by atoms with Gasteiger partial charge >= 0.3 is 5.97 Å². The monoisotopic (exact) mass is 235 g/mol. The first kappa shape index (κ1) is 13.2. The molecule has 0 saturated carbocycles. The van der Waals surface area contributed by atoms with E-state index in [1.165, 1.54) is 6.07 Å². The summed E-state index contributed by atoms with van der Waals surface area (Å²) in [6, 6.07) is 6.57. The van der Waals surface area contributed by atoms with Crippen molar-refractivity contribution >= 4 is 11.7 Å². The van der Waals surface area contributed by atoms with Crippen LogP contribution in [0.4, 0.5) is 5.69 Å². The number of rotatable bonds is 6. The first-order valence-corrected chi connectivity index (χ1v) is 5.60. The fourth-order valence-electron chi connectivity index (χ4n) is 1.30. The highest BCUT2D eigenvalue weighted by atomic mass is 16.4. The van der Waals surface area contributed by atoms with Crippen LogP contribution < -0.4 is 0 Å². The largest absolute Gasteiger partial charge is 0.478 e. The fourth-order valence-corrected chi connectivity index (χ4v) is 1.30. The summed E-state index contributed by atoms with van der Waals surface area (Å²) < 4.78 is 0. The third-order valence-corrected chi connectivity index (χ3v) is 2.27. The maximum Gasteiger partial charge on any atom is 0.337 e. The van der Waals surface area contributed by atoms with Crippen molar-refractivity contribution in [3.8, 4) is 0 Å². The fraction of sp³-hybridized carbons (Fsp3) is 0.417. The Labute approximate surface area is 101 Å². The van der Waals surface area contributed by atoms with Crippen LogP contribution in [0.3, 0.4) is 0 Å². The molecule has 0 saturated heterocycles. The summed E-state index contributed by atoms with van der Waals surface area (Å²) in [5.41, 5.74) is 0.545. The average molecular weight is 235 g/mol. The van der Waals surface area contributed by atoms with Crippen molar-refractivity contribution < 1.29 is 9.90 Å². The van der Waals surface area contributed by atoms with Crippen molar-refractivity contribution in [1.29, 1.82) is 0 Å². The van der Waals surface area contributed by atoms with Crippen LogP contribution in [-0.4, -0.2) is 29.7 Å². The van der Waals surface area contributed by atoms with Crippen molar-refractivity contribution in [3.05, 3.63) is 29.8 Å². The van der Waals surface area contributed by atoms with Crippen LogP contribution in [-0.2, 0) is 0 Å². The van der Waals surface area contributed by atoms with E-state index >= 15 is 0 Å². The van der Waals surface area contributed by atoms with E-state index in [4.69, 9.17) is 5.11 Å². The highest BCUT2D eigenvalue weighted by molar-refractivity contribution is 5.93. The number of nitrogens with zero attached hydrogens (tertiary/aromatic N) is 3. The molecule has 0 unspecified atom stereocenters. The second kappa shape index (κ2) is 6.62. The molecule has 1 rings (SSSR count). The van der Waals surface area contributed by atoms with Crippen molar-refractivity contribution in [3.63, 3.8) is 0 Å². The summed E-state index contributed by atoms with van der Waals surface area (Å²) in [4.78, 5) is 10.9. The second-order valence-electron chi connectivity index (χ2n) is 3.75. The van der Waals surface area contributed by atoms with E-state index in [0.717, 1.165) is 19.4 Å². The maximum atomic E-state index is 10.9. The zero-order chi connectivity index (χ0) is 12.7. The molecule has 0 spiro atoms. The Kier molecular flexibility index (Phi) is 5.13. The summed E-state index contributed by atoms with van der Waals surface area (Å²) >= 11 is 0. The quantitative estimate of drug-likeness (QED) is 0.608. The smallest absolute Gasteiger partial charge is 0.337 e. The van der Waals surface area contributed by atoms with Gasteiger partial charge in [-0.1, -0.05) is 30.7 Å². The zero-order valence-electron chi connectivity index (χ0n) is 10.1. The summed E-state index contributed by atoms with van der Waals surface area (Å²) in [6.45, 7) is 2.92. The zero-order valence-corrected chi connectivity index (χ0v) is 10.1. The minimum absolute atomic E-state index is 0.167. The number of hydrogen-bond acceptors (Lipinski definition) is 3. The van der Waals surface area contributed by atoms with E-state index < -0.39 is 5.97 Å². The molecule has 0 aliphatic heterocycles. The van der Waals surface area contributed by atoms with Gasteiger partial charge in [0.15, 0.2) is 0 Å². The Hall–Kier alpha value is -1.91. The van der Waals surface area contributed by atoms with E-state index in [2.05, 4.69) is 17.3 Å². The van der Waals surface area contributed by atoms with Gasteiger partial charge in [-0.15, -0.1) is 5.11 Å². The molecular weight excluding hydrogens is 218 g/mol. The van der Waals surface area contributed by atoms with E-state index in [1.807, 2.05) is 7.05 Å². The van der Waals surface area contributed by atoms with E-state index in [1.54, 1.807) is 23.2 Å². The lowest BCUT2D eigenvalue weighted by molar-refractivity contribution is 0.0697. The van der Waals surface area contributed by atoms with Gasteiger partial charge in [-0.25, -0.2) is 4.79 Å². The van der Waals surface area contributed by atoms with Gasteiger partial charge in [0.1, 0.15) is 5.69 Å². The molecule has 1 N–H and O–H groups in total. The van der Waals surface area contributed by atoms with Crippen LogP contribution in [0.25, 0.3) is 0 Å². The molecule has 0 atom stereocenters. The Balaban J connectivity index is 2.73. The van der Waals surface area contributed by atoms with Crippen molar-refractivity contribution in [2.24, 2.45) is 10.3 Å². The van der Waals surface area contributed by atoms with E-state index in [0.29, 0.717) is 5.69 Å². The molecule has 0 amide bonds. The van der Waals surface area contributed by atoms with Gasteiger partial charge in [-0.2, -0.15) is 0 Å². The first-order valence-electron chi connectivity index (χ1n) is 5.60. The molecular formula is C12H17N3O2. The Morgan fingerprint density at radius 2 is 2.12 bits per heavy atom. The van der Waals surface area contributed by atoms with Gasteiger partial charge in [-0.05, 0) is 18.6 Å². The molecule has 5 heteroatoms. The van der Waals surface area contributed by atoms with Gasteiger partial charge in [0.2, 0.25) is 0 Å². The minimum Gasteiger partial charge on any atom is -0.478 e. The van der Waals surface area contributed by atoms with Gasteiger partial charge in [0, 0.05) is 13.6 Å². The summed E-state index contributed by atoms with van der Waals surface area (Å²) in [7, 11) is 1.82. The first-order chi connectivity index (χ1) is 8.15. The van der Waals surface area contributed by atoms with E-state index in [9.17, 15) is 4.79 Å². The number of benzene rings is 1. The molecule has 0 aliphatic rings. The normalized spacial score (nSPS) is 10.7. The van der Waals surface area contributed by atoms with Crippen LogP contribution in [0.15, 0.2) is 34.6 Å². The topological polar surface area (TPSA) is 65.3 Å². The number of carboxylic acids is 1. The van der Waals surface area contributed by atoms with E-state index in [-0.39, 0.29) is 5.56 Å². The Morgan fingerprint density at radius 3 is 2.76 bits per heavy atom. The Bertz CT molecular complexity index is 404. The summed E-state index contributed by atoms with van der Waals surface area (Å²) in [5.74, 6) is -0.990. The van der Waals surface area contributed by atoms with Crippen LogP contribution >= 0.6 is 0 Å². The number of unbranched alkanes of at least 4 members (excludes halogenated alkanes) is 1. The lowest BCUT2D eigenvalue weighted by Gasteiger charge is -2.09. The molecule has 0 radical (unpaired) electrons. The number of aromatic carboxylic acids is 1. The molecule has 0 aromatic heterocycles. The minimum atomic E-state index is -0.990. The highest BCUT2D eigenvalue weighted by Crippen LogP contribution is 2.19. The molecule has 0 fully saturated rings. The predicted molar refractivity (Wildman–Crippen MR) is 65.5 cm³/mol. The lowest BCUT2D eigenvalue weighted by atomic mass is 10.2. The SMILES string of the molecule is CCCCN(C)N=Nc1ccccc1C(=O)O. The van der Waals surface area contributed by atoms with Crippen molar-refractivity contribution in [1.82, 2.24) is 5.01 Å². The molecule has 0 bridgehead atoms. The van der Waals surface area contributed by atoms with Crippen LogP contribution in [0.2, 0.25) is 0 Å². The maximum absolute atomic E-state index is 10.9. The van der Waals surface area contributed by atoms with Gasteiger partial charge in [-0.3, -0.25) is 5.01 Å². The van der Waals surface area contributed by atoms with Crippen LogP contribution in [0, 0.1) is 0 Å². The average Bonchev–Trinajstić information content (AvgIpc) is 2.34. The number of carbonyl (C=O) groups is 1.